The number of likely N-dealkylation sites (tertiary alicyclic amines) is 1. The molecule has 3 heterocycles. The molecular formula is C39H54ClN3O4S. The van der Waals surface area contributed by atoms with E-state index in [0.717, 1.165) is 107 Å². The van der Waals surface area contributed by atoms with Crippen molar-refractivity contribution in [3.8, 4) is 5.75 Å². The fraction of sp³-hybridized carbons (Fsp3) is 0.667. The van der Waals surface area contributed by atoms with Gasteiger partial charge in [-0.25, -0.2) is 4.21 Å². The quantitative estimate of drug-likeness (QED) is 0.362. The van der Waals surface area contributed by atoms with Gasteiger partial charge in [0.2, 0.25) is 0 Å². The zero-order valence-electron chi connectivity index (χ0n) is 29.0. The highest BCUT2D eigenvalue weighted by atomic mass is 35.5. The van der Waals surface area contributed by atoms with E-state index in [1.54, 1.807) is 0 Å². The van der Waals surface area contributed by atoms with Gasteiger partial charge in [0.05, 0.1) is 23.6 Å². The minimum atomic E-state index is -1.50. The maximum Gasteiger partial charge on any atom is 0.263 e. The molecule has 2 aromatic rings. The van der Waals surface area contributed by atoms with Crippen LogP contribution in [0.15, 0.2) is 36.4 Å². The van der Waals surface area contributed by atoms with Crippen molar-refractivity contribution in [3.05, 3.63) is 58.1 Å². The summed E-state index contributed by atoms with van der Waals surface area (Å²) < 4.78 is 22.9. The second-order valence-corrected chi connectivity index (χ2v) is 17.9. The van der Waals surface area contributed by atoms with Crippen molar-refractivity contribution in [2.45, 2.75) is 94.8 Å². The lowest BCUT2D eigenvalue weighted by Crippen LogP contribution is -2.50. The minimum Gasteiger partial charge on any atom is -0.490 e. The molecule has 7 nitrogen and oxygen atoms in total. The Morgan fingerprint density at radius 3 is 2.62 bits per heavy atom. The van der Waals surface area contributed by atoms with Crippen LogP contribution < -0.4 is 14.4 Å². The second kappa shape index (κ2) is 14.2. The molecule has 9 heteroatoms. The molecule has 2 bridgehead atoms. The van der Waals surface area contributed by atoms with Crippen LogP contribution in [0.5, 0.6) is 5.75 Å². The Labute approximate surface area is 294 Å². The van der Waals surface area contributed by atoms with E-state index in [0.29, 0.717) is 29.9 Å². The molecule has 0 radical (unpaired) electrons. The van der Waals surface area contributed by atoms with Crippen molar-refractivity contribution < 1.29 is 18.8 Å². The van der Waals surface area contributed by atoms with Gasteiger partial charge in [0.1, 0.15) is 16.7 Å². The summed E-state index contributed by atoms with van der Waals surface area (Å²) in [5.41, 5.74) is 3.90. The molecule has 48 heavy (non-hydrogen) atoms. The fourth-order valence-corrected chi connectivity index (χ4v) is 10.9. The summed E-state index contributed by atoms with van der Waals surface area (Å²) in [5.74, 6) is 2.22. The minimum absolute atomic E-state index is 0.170. The van der Waals surface area contributed by atoms with Gasteiger partial charge in [0.25, 0.3) is 5.91 Å². The van der Waals surface area contributed by atoms with Crippen LogP contribution in [0.25, 0.3) is 0 Å². The highest BCUT2D eigenvalue weighted by Gasteiger charge is 2.46. The third-order valence-electron chi connectivity index (χ3n) is 13.0. The molecule has 2 aliphatic carbocycles. The Morgan fingerprint density at radius 2 is 1.85 bits per heavy atom. The maximum absolute atomic E-state index is 13.5. The van der Waals surface area contributed by atoms with E-state index >= 15 is 0 Å². The number of benzene rings is 2. The van der Waals surface area contributed by atoms with Crippen molar-refractivity contribution in [1.29, 1.82) is 0 Å². The van der Waals surface area contributed by atoms with E-state index in [-0.39, 0.29) is 34.5 Å². The molecule has 2 N–H and O–H groups in total. The van der Waals surface area contributed by atoms with Crippen LogP contribution in [0.3, 0.4) is 0 Å². The number of rotatable bonds is 2. The second-order valence-electron chi connectivity index (χ2n) is 15.9. The molecule has 0 aromatic heterocycles. The SMILES string of the molecule is CC1CCCC([C@@H](O)C2CCN(C)CC2)C2CCC2CN2C[C@@]3(CCCc4cc(Cl)ccc43)COc3ccc(cc32)C(=O)NS(=O)C1C. The molecule has 2 aromatic carbocycles. The van der Waals surface area contributed by atoms with Crippen molar-refractivity contribution in [3.63, 3.8) is 0 Å². The summed E-state index contributed by atoms with van der Waals surface area (Å²) in [5, 5.41) is 12.7. The zero-order valence-corrected chi connectivity index (χ0v) is 30.5. The van der Waals surface area contributed by atoms with Crippen LogP contribution in [-0.4, -0.2) is 71.3 Å². The number of aliphatic hydroxyl groups is 1. The van der Waals surface area contributed by atoms with Crippen LogP contribution >= 0.6 is 11.6 Å². The molecule has 7 rings (SSSR count). The molecule has 1 spiro atoms. The number of aryl methyl sites for hydroxylation is 1. The lowest BCUT2D eigenvalue weighted by Gasteiger charge is -2.49. The molecular weight excluding hydrogens is 642 g/mol. The van der Waals surface area contributed by atoms with Gasteiger partial charge in [0.15, 0.2) is 0 Å². The first-order chi connectivity index (χ1) is 23.1. The topological polar surface area (TPSA) is 82.1 Å². The summed E-state index contributed by atoms with van der Waals surface area (Å²) in [4.78, 5) is 18.4. The molecule has 262 valence electrons. The average Bonchev–Trinajstić information content (AvgIpc) is 3.22. The monoisotopic (exact) mass is 695 g/mol. The van der Waals surface area contributed by atoms with E-state index in [4.69, 9.17) is 16.3 Å². The van der Waals surface area contributed by atoms with Crippen LogP contribution in [0.1, 0.15) is 93.1 Å². The molecule has 3 aliphatic heterocycles. The number of anilines is 1. The van der Waals surface area contributed by atoms with Gasteiger partial charge in [-0.1, -0.05) is 31.0 Å². The van der Waals surface area contributed by atoms with E-state index in [1.807, 2.05) is 31.2 Å². The van der Waals surface area contributed by atoms with Crippen LogP contribution in [0.2, 0.25) is 5.02 Å². The first-order valence-electron chi connectivity index (χ1n) is 18.5. The van der Waals surface area contributed by atoms with Crippen molar-refractivity contribution in [2.24, 2.45) is 29.6 Å². The average molecular weight is 696 g/mol. The van der Waals surface area contributed by atoms with Crippen LogP contribution in [-0.2, 0) is 22.8 Å². The summed E-state index contributed by atoms with van der Waals surface area (Å²) in [6.07, 6.45) is 10.2. The third-order valence-corrected chi connectivity index (χ3v) is 14.8. The van der Waals surface area contributed by atoms with E-state index in [1.165, 1.54) is 11.1 Å². The highest BCUT2D eigenvalue weighted by molar-refractivity contribution is 7.84. The molecule has 8 atom stereocenters. The Hall–Kier alpha value is -2.13. The molecule has 5 aliphatic rings. The predicted molar refractivity (Wildman–Crippen MR) is 194 cm³/mol. The molecule has 1 amide bonds. The Bertz CT molecular complexity index is 1510. The van der Waals surface area contributed by atoms with Crippen molar-refractivity contribution >= 4 is 34.2 Å². The maximum atomic E-state index is 13.5. The van der Waals surface area contributed by atoms with Gasteiger partial charge in [0, 0.05) is 29.1 Å². The molecule has 2 fully saturated rings. The number of nitrogens with one attached hydrogen (secondary N) is 1. The van der Waals surface area contributed by atoms with Gasteiger partial charge in [-0.05, 0) is 156 Å². The van der Waals surface area contributed by atoms with Crippen LogP contribution in [0, 0.1) is 29.6 Å². The number of ether oxygens (including phenoxy) is 1. The standard InChI is InChI=1S/C39H54ClN3O4S/c1-25-6-4-8-33(37(44)27-15-18-42(3)19-16-27)32-12-9-30(32)22-43-23-39(17-5-7-28-20-31(40)11-13-34(28)39)24-47-36-14-10-29(21-35(36)43)38(45)41-48(46)26(25)2/h10-11,13-14,20-21,25-27,30,32-33,37,44H,4-9,12,15-19,22-24H2,1-3H3,(H,41,45)/t25?,26?,30?,32?,33?,37-,39-,48?/m0/s1. The zero-order chi connectivity index (χ0) is 33.6. The first kappa shape index (κ1) is 34.3. The summed E-state index contributed by atoms with van der Waals surface area (Å²) in [7, 11) is 0.683. The number of carbonyl (C=O) groups excluding carboxylic acids is 1. The Morgan fingerprint density at radius 1 is 1.04 bits per heavy atom. The number of carbonyl (C=O) groups is 1. The molecule has 6 unspecified atom stereocenters. The van der Waals surface area contributed by atoms with Crippen molar-refractivity contribution in [2.75, 3.05) is 44.7 Å². The molecule has 1 saturated carbocycles. The number of fused-ring (bicyclic) bond motifs is 4. The largest absolute Gasteiger partial charge is 0.490 e. The highest BCUT2D eigenvalue weighted by Crippen LogP contribution is 2.49. The van der Waals surface area contributed by atoms with E-state index < -0.39 is 11.0 Å². The van der Waals surface area contributed by atoms with Gasteiger partial charge >= 0.3 is 0 Å². The summed E-state index contributed by atoms with van der Waals surface area (Å²) in [6.45, 7) is 8.47. The van der Waals surface area contributed by atoms with Gasteiger partial charge < -0.3 is 19.6 Å². The first-order valence-corrected chi connectivity index (χ1v) is 20.1. The third kappa shape index (κ3) is 6.80. The summed E-state index contributed by atoms with van der Waals surface area (Å²) >= 11 is 6.48. The Balaban J connectivity index is 1.26. The number of amides is 1. The lowest BCUT2D eigenvalue weighted by molar-refractivity contribution is -0.0414. The van der Waals surface area contributed by atoms with Gasteiger partial charge in [-0.3, -0.25) is 9.52 Å². The number of aliphatic hydroxyl groups excluding tert-OH is 1. The van der Waals surface area contributed by atoms with E-state index in [9.17, 15) is 14.1 Å². The van der Waals surface area contributed by atoms with E-state index in [2.05, 4.69) is 40.6 Å². The predicted octanol–water partition coefficient (Wildman–Crippen LogP) is 6.76. The number of hydrogen-bond donors (Lipinski definition) is 2. The normalized spacial score (nSPS) is 34.2. The fourth-order valence-electron chi connectivity index (χ4n) is 9.65. The lowest BCUT2D eigenvalue weighted by atomic mass is 9.62. The number of hydrogen-bond acceptors (Lipinski definition) is 6. The van der Waals surface area contributed by atoms with Gasteiger partial charge in [-0.2, -0.15) is 0 Å². The van der Waals surface area contributed by atoms with Crippen LogP contribution in [0.4, 0.5) is 5.69 Å². The Kier molecular flexibility index (Phi) is 10.2. The number of halogens is 1. The molecule has 1 saturated heterocycles. The number of nitrogens with zero attached hydrogens (tertiary/aromatic N) is 2. The van der Waals surface area contributed by atoms with Gasteiger partial charge in [-0.15, -0.1) is 0 Å². The smallest absolute Gasteiger partial charge is 0.263 e. The summed E-state index contributed by atoms with van der Waals surface area (Å²) in [6, 6.07) is 12.1. The van der Waals surface area contributed by atoms with Crippen molar-refractivity contribution in [1.82, 2.24) is 9.62 Å². The number of piperidine rings is 1.